The van der Waals surface area contributed by atoms with E-state index in [1.165, 1.54) is 0 Å². The molecule has 2 N–H and O–H groups in total. The van der Waals surface area contributed by atoms with Crippen molar-refractivity contribution in [2.75, 3.05) is 37.7 Å². The van der Waals surface area contributed by atoms with E-state index in [1.807, 2.05) is 19.1 Å². The molecule has 0 spiro atoms. The van der Waals surface area contributed by atoms with E-state index in [9.17, 15) is 0 Å². The van der Waals surface area contributed by atoms with Gasteiger partial charge in [0.1, 0.15) is 5.75 Å². The number of rotatable bonds is 4. The SMILES string of the molecule is CCOc1ccc(-c2cc(N3CCCNCC3)n[nH]2)cc1. The van der Waals surface area contributed by atoms with E-state index in [-0.39, 0.29) is 0 Å². The van der Waals surface area contributed by atoms with Gasteiger partial charge in [-0.3, -0.25) is 5.10 Å². The number of aromatic amines is 1. The third kappa shape index (κ3) is 3.36. The number of hydrogen-bond acceptors (Lipinski definition) is 4. The van der Waals surface area contributed by atoms with Crippen LogP contribution in [0.2, 0.25) is 0 Å². The maximum Gasteiger partial charge on any atom is 0.151 e. The molecule has 5 nitrogen and oxygen atoms in total. The van der Waals surface area contributed by atoms with Crippen molar-refractivity contribution in [3.63, 3.8) is 0 Å². The number of benzene rings is 1. The van der Waals surface area contributed by atoms with E-state index >= 15 is 0 Å². The van der Waals surface area contributed by atoms with Gasteiger partial charge in [0.15, 0.2) is 5.82 Å². The molecule has 0 amide bonds. The van der Waals surface area contributed by atoms with Gasteiger partial charge in [0, 0.05) is 25.7 Å². The fourth-order valence-corrected chi connectivity index (χ4v) is 2.59. The van der Waals surface area contributed by atoms with Gasteiger partial charge in [0.25, 0.3) is 0 Å². The second-order valence-electron chi connectivity index (χ2n) is 5.19. The van der Waals surface area contributed by atoms with Crippen molar-refractivity contribution in [1.82, 2.24) is 15.5 Å². The lowest BCUT2D eigenvalue weighted by Gasteiger charge is -2.18. The highest BCUT2D eigenvalue weighted by molar-refractivity contribution is 5.64. The van der Waals surface area contributed by atoms with Crippen molar-refractivity contribution in [2.45, 2.75) is 13.3 Å². The minimum atomic E-state index is 0.691. The molecule has 0 unspecified atom stereocenters. The van der Waals surface area contributed by atoms with Crippen molar-refractivity contribution in [3.8, 4) is 17.0 Å². The number of aromatic nitrogens is 2. The molecule has 1 aromatic carbocycles. The van der Waals surface area contributed by atoms with E-state index in [0.717, 1.165) is 55.4 Å². The Morgan fingerprint density at radius 1 is 1.19 bits per heavy atom. The monoisotopic (exact) mass is 286 g/mol. The van der Waals surface area contributed by atoms with Gasteiger partial charge in [-0.2, -0.15) is 5.10 Å². The zero-order chi connectivity index (χ0) is 14.5. The Hall–Kier alpha value is -2.01. The summed E-state index contributed by atoms with van der Waals surface area (Å²) < 4.78 is 5.47. The number of ether oxygens (including phenoxy) is 1. The van der Waals surface area contributed by atoms with Crippen LogP contribution in [-0.2, 0) is 0 Å². The highest BCUT2D eigenvalue weighted by atomic mass is 16.5. The molecule has 3 rings (SSSR count). The van der Waals surface area contributed by atoms with E-state index in [4.69, 9.17) is 4.74 Å². The standard InChI is InChI=1S/C16H22N4O/c1-2-21-14-6-4-13(5-7-14)15-12-16(19-18-15)20-10-3-8-17-9-11-20/h4-7,12,17H,2-3,8-11H2,1H3,(H,18,19). The molecule has 0 radical (unpaired) electrons. The lowest BCUT2D eigenvalue weighted by atomic mass is 10.1. The van der Waals surface area contributed by atoms with Crippen molar-refractivity contribution >= 4 is 5.82 Å². The number of H-pyrrole nitrogens is 1. The molecule has 21 heavy (non-hydrogen) atoms. The van der Waals surface area contributed by atoms with Crippen LogP contribution in [0.5, 0.6) is 5.75 Å². The molecule has 5 heteroatoms. The molecule has 2 heterocycles. The molecule has 0 atom stereocenters. The molecule has 1 aliphatic rings. The molecule has 1 saturated heterocycles. The van der Waals surface area contributed by atoms with Gasteiger partial charge in [-0.05, 0) is 49.7 Å². The molecule has 2 aromatic rings. The van der Waals surface area contributed by atoms with Gasteiger partial charge in [-0.25, -0.2) is 0 Å². The van der Waals surface area contributed by atoms with E-state index in [1.54, 1.807) is 0 Å². The third-order valence-corrected chi connectivity index (χ3v) is 3.70. The lowest BCUT2D eigenvalue weighted by Crippen LogP contribution is -2.28. The molecule has 1 aliphatic heterocycles. The predicted octanol–water partition coefficient (Wildman–Crippen LogP) is 2.28. The largest absolute Gasteiger partial charge is 0.494 e. The van der Waals surface area contributed by atoms with Crippen LogP contribution in [0, 0.1) is 0 Å². The van der Waals surface area contributed by atoms with Crippen molar-refractivity contribution in [1.29, 1.82) is 0 Å². The average molecular weight is 286 g/mol. The quantitative estimate of drug-likeness (QED) is 0.905. The van der Waals surface area contributed by atoms with E-state index < -0.39 is 0 Å². The Morgan fingerprint density at radius 2 is 2.05 bits per heavy atom. The van der Waals surface area contributed by atoms with Crippen LogP contribution in [0.3, 0.4) is 0 Å². The van der Waals surface area contributed by atoms with Gasteiger partial charge in [0.05, 0.1) is 12.3 Å². The summed E-state index contributed by atoms with van der Waals surface area (Å²) in [4.78, 5) is 2.33. The second kappa shape index (κ2) is 6.63. The predicted molar refractivity (Wildman–Crippen MR) is 84.9 cm³/mol. The summed E-state index contributed by atoms with van der Waals surface area (Å²) in [5, 5.41) is 11.0. The van der Waals surface area contributed by atoms with Crippen molar-refractivity contribution in [2.24, 2.45) is 0 Å². The van der Waals surface area contributed by atoms with E-state index in [2.05, 4.69) is 38.6 Å². The van der Waals surface area contributed by atoms with Crippen LogP contribution in [0.25, 0.3) is 11.3 Å². The first-order valence-corrected chi connectivity index (χ1v) is 7.61. The van der Waals surface area contributed by atoms with E-state index in [0.29, 0.717) is 6.61 Å². The van der Waals surface area contributed by atoms with Gasteiger partial charge >= 0.3 is 0 Å². The first kappa shape index (κ1) is 13.9. The van der Waals surface area contributed by atoms with Gasteiger partial charge < -0.3 is 15.0 Å². The summed E-state index contributed by atoms with van der Waals surface area (Å²) in [7, 11) is 0. The molecule has 0 saturated carbocycles. The van der Waals surface area contributed by atoms with Crippen LogP contribution in [0.1, 0.15) is 13.3 Å². The summed E-state index contributed by atoms with van der Waals surface area (Å²) >= 11 is 0. The minimum Gasteiger partial charge on any atom is -0.494 e. The van der Waals surface area contributed by atoms with Crippen LogP contribution in [0.15, 0.2) is 30.3 Å². The number of nitrogens with one attached hydrogen (secondary N) is 2. The Balaban J connectivity index is 1.74. The van der Waals surface area contributed by atoms with Gasteiger partial charge in [0.2, 0.25) is 0 Å². The maximum atomic E-state index is 5.47. The Morgan fingerprint density at radius 3 is 2.86 bits per heavy atom. The highest BCUT2D eigenvalue weighted by Crippen LogP contribution is 2.24. The van der Waals surface area contributed by atoms with Crippen LogP contribution >= 0.6 is 0 Å². The molecule has 1 fully saturated rings. The van der Waals surface area contributed by atoms with Crippen molar-refractivity contribution < 1.29 is 4.74 Å². The van der Waals surface area contributed by atoms with Crippen LogP contribution in [-0.4, -0.2) is 43.0 Å². The number of nitrogens with zero attached hydrogens (tertiary/aromatic N) is 2. The molecular formula is C16H22N4O. The highest BCUT2D eigenvalue weighted by Gasteiger charge is 2.13. The second-order valence-corrected chi connectivity index (χ2v) is 5.19. The summed E-state index contributed by atoms with van der Waals surface area (Å²) in [5.74, 6) is 1.93. The fourth-order valence-electron chi connectivity index (χ4n) is 2.59. The normalized spacial score (nSPS) is 15.8. The molecule has 0 aliphatic carbocycles. The Labute approximate surface area is 125 Å². The maximum absolute atomic E-state index is 5.47. The number of anilines is 1. The molecular weight excluding hydrogens is 264 g/mol. The minimum absolute atomic E-state index is 0.691. The molecule has 112 valence electrons. The van der Waals surface area contributed by atoms with Crippen LogP contribution < -0.4 is 15.0 Å². The first-order chi connectivity index (χ1) is 10.4. The first-order valence-electron chi connectivity index (χ1n) is 7.61. The lowest BCUT2D eigenvalue weighted by molar-refractivity contribution is 0.340. The summed E-state index contributed by atoms with van der Waals surface area (Å²) in [6.45, 7) is 6.85. The smallest absolute Gasteiger partial charge is 0.151 e. The third-order valence-electron chi connectivity index (χ3n) is 3.70. The average Bonchev–Trinajstić information content (AvgIpc) is 2.84. The summed E-state index contributed by atoms with van der Waals surface area (Å²) in [6, 6.07) is 10.2. The molecule has 1 aromatic heterocycles. The van der Waals surface area contributed by atoms with Gasteiger partial charge in [-0.15, -0.1) is 0 Å². The Bertz CT molecular complexity index is 556. The fraction of sp³-hybridized carbons (Fsp3) is 0.438. The zero-order valence-electron chi connectivity index (χ0n) is 12.4. The zero-order valence-corrected chi connectivity index (χ0v) is 12.4. The summed E-state index contributed by atoms with van der Waals surface area (Å²) in [6.07, 6.45) is 1.16. The van der Waals surface area contributed by atoms with Crippen molar-refractivity contribution in [3.05, 3.63) is 30.3 Å². The number of hydrogen-bond donors (Lipinski definition) is 2. The van der Waals surface area contributed by atoms with Gasteiger partial charge in [-0.1, -0.05) is 0 Å². The molecule has 0 bridgehead atoms. The summed E-state index contributed by atoms with van der Waals surface area (Å²) in [5.41, 5.74) is 2.18. The topological polar surface area (TPSA) is 53.2 Å². The van der Waals surface area contributed by atoms with Crippen LogP contribution in [0.4, 0.5) is 5.82 Å². The Kier molecular flexibility index (Phi) is 4.40.